The molecule has 3 nitrogen and oxygen atoms in total. The minimum atomic E-state index is 0.555. The predicted molar refractivity (Wildman–Crippen MR) is 80.7 cm³/mol. The van der Waals surface area contributed by atoms with Gasteiger partial charge in [0.25, 0.3) is 0 Å². The summed E-state index contributed by atoms with van der Waals surface area (Å²) < 4.78 is 2.32. The predicted octanol–water partition coefficient (Wildman–Crippen LogP) is 3.55. The summed E-state index contributed by atoms with van der Waals surface area (Å²) in [6, 6.07) is 1.16. The second-order valence-corrected chi connectivity index (χ2v) is 5.86. The highest BCUT2D eigenvalue weighted by atomic mass is 15.3. The number of nitrogens with zero attached hydrogens (tertiary/aromatic N) is 2. The first-order chi connectivity index (χ1) is 9.19. The Morgan fingerprint density at radius 1 is 1.21 bits per heavy atom. The second kappa shape index (κ2) is 6.56. The fraction of sp³-hybridized carbons (Fsp3) is 0.812. The molecule has 2 atom stereocenters. The summed E-state index contributed by atoms with van der Waals surface area (Å²) >= 11 is 0. The molecule has 2 unspecified atom stereocenters. The maximum absolute atomic E-state index is 4.84. The van der Waals surface area contributed by atoms with Crippen LogP contribution >= 0.6 is 0 Å². The van der Waals surface area contributed by atoms with Crippen LogP contribution < -0.4 is 5.32 Å². The molecule has 0 aliphatic heterocycles. The molecule has 1 heterocycles. The van der Waals surface area contributed by atoms with E-state index in [0.29, 0.717) is 12.1 Å². The summed E-state index contributed by atoms with van der Waals surface area (Å²) in [6.45, 7) is 9.99. The maximum atomic E-state index is 4.84. The monoisotopic (exact) mass is 263 g/mol. The van der Waals surface area contributed by atoms with Crippen LogP contribution in [0.15, 0.2) is 0 Å². The molecule has 0 amide bonds. The molecule has 0 bridgehead atoms. The summed E-state index contributed by atoms with van der Waals surface area (Å²) in [5, 5.41) is 8.57. The zero-order valence-corrected chi connectivity index (χ0v) is 13.0. The van der Waals surface area contributed by atoms with Crippen LogP contribution in [0.1, 0.15) is 68.9 Å². The minimum absolute atomic E-state index is 0.555. The minimum Gasteiger partial charge on any atom is -0.312 e. The van der Waals surface area contributed by atoms with Crippen LogP contribution in [0, 0.1) is 13.8 Å². The van der Waals surface area contributed by atoms with Crippen LogP contribution in [0.25, 0.3) is 0 Å². The Morgan fingerprint density at radius 2 is 1.95 bits per heavy atom. The van der Waals surface area contributed by atoms with Crippen molar-refractivity contribution in [2.24, 2.45) is 0 Å². The first-order valence-corrected chi connectivity index (χ1v) is 7.97. The van der Waals surface area contributed by atoms with Gasteiger partial charge in [-0.15, -0.1) is 0 Å². The molecular weight excluding hydrogens is 234 g/mol. The topological polar surface area (TPSA) is 29.9 Å². The zero-order valence-electron chi connectivity index (χ0n) is 13.0. The molecule has 0 radical (unpaired) electrons. The molecule has 3 heteroatoms. The highest BCUT2D eigenvalue weighted by molar-refractivity contribution is 5.25. The molecular formula is C16H29N3. The van der Waals surface area contributed by atoms with E-state index in [1.165, 1.54) is 49.1 Å². The Labute approximate surface area is 117 Å². The van der Waals surface area contributed by atoms with Crippen LogP contribution in [0.4, 0.5) is 0 Å². The van der Waals surface area contributed by atoms with Gasteiger partial charge in [-0.25, -0.2) is 0 Å². The van der Waals surface area contributed by atoms with E-state index in [4.69, 9.17) is 5.10 Å². The largest absolute Gasteiger partial charge is 0.312 e. The molecule has 1 aromatic heterocycles. The molecule has 1 N–H and O–H groups in total. The van der Waals surface area contributed by atoms with Crippen LogP contribution in [0.3, 0.4) is 0 Å². The van der Waals surface area contributed by atoms with E-state index in [1.807, 2.05) is 0 Å². The number of aromatic nitrogens is 2. The van der Waals surface area contributed by atoms with Gasteiger partial charge in [0.1, 0.15) is 0 Å². The Bertz CT molecular complexity index is 408. The molecule has 1 aliphatic carbocycles. The fourth-order valence-corrected chi connectivity index (χ4v) is 3.50. The van der Waals surface area contributed by atoms with Crippen LogP contribution in [0.5, 0.6) is 0 Å². The Morgan fingerprint density at radius 3 is 2.58 bits per heavy atom. The summed E-state index contributed by atoms with van der Waals surface area (Å²) in [5.74, 6) is 0. The number of rotatable bonds is 5. The summed E-state index contributed by atoms with van der Waals surface area (Å²) in [5.41, 5.74) is 4.05. The van der Waals surface area contributed by atoms with Gasteiger partial charge >= 0.3 is 0 Å². The van der Waals surface area contributed by atoms with Gasteiger partial charge in [0, 0.05) is 11.7 Å². The first kappa shape index (κ1) is 14.6. The van der Waals surface area contributed by atoms with Crippen LogP contribution in [-0.4, -0.2) is 22.4 Å². The maximum Gasteiger partial charge on any atom is 0.0675 e. The average Bonchev–Trinajstić information content (AvgIpc) is 2.71. The van der Waals surface area contributed by atoms with E-state index < -0.39 is 0 Å². The molecule has 1 aromatic rings. The molecule has 1 fully saturated rings. The van der Waals surface area contributed by atoms with Gasteiger partial charge in [-0.1, -0.05) is 26.7 Å². The van der Waals surface area contributed by atoms with Crippen molar-refractivity contribution in [2.75, 3.05) is 6.54 Å². The van der Waals surface area contributed by atoms with Gasteiger partial charge in [0.05, 0.1) is 11.7 Å². The third kappa shape index (κ3) is 3.02. The van der Waals surface area contributed by atoms with Crippen molar-refractivity contribution in [3.05, 3.63) is 17.0 Å². The van der Waals surface area contributed by atoms with Crippen LogP contribution in [-0.2, 0) is 6.42 Å². The van der Waals surface area contributed by atoms with E-state index in [9.17, 15) is 0 Å². The van der Waals surface area contributed by atoms with Crippen molar-refractivity contribution in [1.29, 1.82) is 0 Å². The summed E-state index contributed by atoms with van der Waals surface area (Å²) in [4.78, 5) is 0. The molecule has 0 aromatic carbocycles. The average molecular weight is 263 g/mol. The van der Waals surface area contributed by atoms with E-state index in [1.54, 1.807) is 0 Å². The zero-order chi connectivity index (χ0) is 13.8. The number of aryl methyl sites for hydroxylation is 1. The summed E-state index contributed by atoms with van der Waals surface area (Å²) in [7, 11) is 0. The molecule has 1 saturated carbocycles. The van der Waals surface area contributed by atoms with Gasteiger partial charge in [-0.2, -0.15) is 5.10 Å². The van der Waals surface area contributed by atoms with Gasteiger partial charge in [0.2, 0.25) is 0 Å². The fourth-order valence-electron chi connectivity index (χ4n) is 3.50. The lowest BCUT2D eigenvalue weighted by molar-refractivity contribution is 0.244. The summed E-state index contributed by atoms with van der Waals surface area (Å²) in [6.07, 6.45) is 7.57. The van der Waals surface area contributed by atoms with Crippen molar-refractivity contribution < 1.29 is 0 Å². The number of nitrogens with one attached hydrogen (secondary N) is 1. The third-order valence-electron chi connectivity index (χ3n) is 4.53. The SMILES string of the molecule is CCCNC1CCCCC1n1nc(C)c(CC)c1C. The highest BCUT2D eigenvalue weighted by Gasteiger charge is 2.28. The molecule has 1 aliphatic rings. The molecule has 0 saturated heterocycles. The molecule has 2 rings (SSSR count). The van der Waals surface area contributed by atoms with Crippen molar-refractivity contribution in [3.8, 4) is 0 Å². The normalized spacial score (nSPS) is 23.8. The van der Waals surface area contributed by atoms with E-state index in [0.717, 1.165) is 13.0 Å². The van der Waals surface area contributed by atoms with Crippen molar-refractivity contribution >= 4 is 0 Å². The van der Waals surface area contributed by atoms with Gasteiger partial charge in [0.15, 0.2) is 0 Å². The third-order valence-corrected chi connectivity index (χ3v) is 4.53. The van der Waals surface area contributed by atoms with E-state index in [2.05, 4.69) is 37.7 Å². The van der Waals surface area contributed by atoms with Crippen LogP contribution in [0.2, 0.25) is 0 Å². The van der Waals surface area contributed by atoms with Crippen molar-refractivity contribution in [1.82, 2.24) is 15.1 Å². The first-order valence-electron chi connectivity index (χ1n) is 7.97. The lowest BCUT2D eigenvalue weighted by atomic mass is 9.90. The lowest BCUT2D eigenvalue weighted by Gasteiger charge is -2.33. The molecule has 19 heavy (non-hydrogen) atoms. The van der Waals surface area contributed by atoms with E-state index >= 15 is 0 Å². The van der Waals surface area contributed by atoms with E-state index in [-0.39, 0.29) is 0 Å². The highest BCUT2D eigenvalue weighted by Crippen LogP contribution is 2.30. The number of hydrogen-bond acceptors (Lipinski definition) is 2. The number of hydrogen-bond donors (Lipinski definition) is 1. The van der Waals surface area contributed by atoms with Crippen molar-refractivity contribution in [3.63, 3.8) is 0 Å². The Kier molecular flexibility index (Phi) is 5.03. The second-order valence-electron chi connectivity index (χ2n) is 5.86. The van der Waals surface area contributed by atoms with Gasteiger partial charge in [-0.3, -0.25) is 4.68 Å². The quantitative estimate of drug-likeness (QED) is 0.880. The van der Waals surface area contributed by atoms with Gasteiger partial charge < -0.3 is 5.32 Å². The Balaban J connectivity index is 2.22. The Hall–Kier alpha value is -0.830. The molecule has 108 valence electrons. The lowest BCUT2D eigenvalue weighted by Crippen LogP contribution is -2.40. The smallest absolute Gasteiger partial charge is 0.0675 e. The van der Waals surface area contributed by atoms with Crippen molar-refractivity contribution in [2.45, 2.75) is 78.3 Å². The standard InChI is InChI=1S/C16H29N3/c1-5-11-17-15-9-7-8-10-16(15)19-13(4)14(6-2)12(3)18-19/h15-17H,5-11H2,1-4H3. The molecule has 0 spiro atoms. The van der Waals surface area contributed by atoms with Gasteiger partial charge in [-0.05, 0) is 51.6 Å².